The third-order valence-corrected chi connectivity index (χ3v) is 1.96. The molecular weight excluding hydrogens is 206 g/mol. The van der Waals surface area contributed by atoms with Crippen molar-refractivity contribution in [3.8, 4) is 0 Å². The largest absolute Gasteiger partial charge is 0.338 e. The fraction of sp³-hybridized carbons (Fsp3) is 0.364. The first-order valence-electron chi connectivity index (χ1n) is 5.07. The molecule has 2 N–H and O–H groups in total. The third kappa shape index (κ3) is 3.68. The van der Waals surface area contributed by atoms with Crippen LogP contribution in [0.1, 0.15) is 24.2 Å². The van der Waals surface area contributed by atoms with Gasteiger partial charge in [-0.05, 0) is 12.1 Å². The molecule has 86 valence electrons. The molecule has 0 fully saturated rings. The Morgan fingerprint density at radius 2 is 2.12 bits per heavy atom. The quantitative estimate of drug-likeness (QED) is 0.729. The Labute approximate surface area is 94.3 Å². The van der Waals surface area contributed by atoms with Crippen LogP contribution in [0.5, 0.6) is 0 Å². The van der Waals surface area contributed by atoms with E-state index in [1.807, 2.05) is 0 Å². The zero-order valence-corrected chi connectivity index (χ0v) is 9.36. The van der Waals surface area contributed by atoms with Crippen molar-refractivity contribution in [1.82, 2.24) is 15.6 Å². The summed E-state index contributed by atoms with van der Waals surface area (Å²) in [5, 5.41) is 5.17. The van der Waals surface area contributed by atoms with E-state index in [4.69, 9.17) is 0 Å². The van der Waals surface area contributed by atoms with Crippen molar-refractivity contribution in [2.24, 2.45) is 5.92 Å². The van der Waals surface area contributed by atoms with E-state index in [-0.39, 0.29) is 24.4 Å². The van der Waals surface area contributed by atoms with Gasteiger partial charge in [-0.3, -0.25) is 14.6 Å². The maximum atomic E-state index is 11.5. The minimum Gasteiger partial charge on any atom is -0.338 e. The van der Waals surface area contributed by atoms with E-state index in [0.29, 0.717) is 5.56 Å². The van der Waals surface area contributed by atoms with E-state index in [9.17, 15) is 9.59 Å². The Morgan fingerprint density at radius 1 is 1.38 bits per heavy atom. The highest BCUT2D eigenvalue weighted by Crippen LogP contribution is 1.94. The molecule has 1 aromatic rings. The van der Waals surface area contributed by atoms with Crippen molar-refractivity contribution in [2.45, 2.75) is 13.8 Å². The van der Waals surface area contributed by atoms with Gasteiger partial charge in [0.15, 0.2) is 0 Å². The third-order valence-electron chi connectivity index (χ3n) is 1.96. The zero-order chi connectivity index (χ0) is 12.0. The monoisotopic (exact) mass is 221 g/mol. The predicted molar refractivity (Wildman–Crippen MR) is 59.6 cm³/mol. The molecule has 0 saturated carbocycles. The number of pyridine rings is 1. The maximum Gasteiger partial charge on any atom is 0.254 e. The summed E-state index contributed by atoms with van der Waals surface area (Å²) in [7, 11) is 0. The molecular formula is C11H15N3O2. The van der Waals surface area contributed by atoms with Crippen molar-refractivity contribution in [1.29, 1.82) is 0 Å². The van der Waals surface area contributed by atoms with Crippen LogP contribution in [0.25, 0.3) is 0 Å². The average Bonchev–Trinajstić information content (AvgIpc) is 2.29. The zero-order valence-electron chi connectivity index (χ0n) is 9.36. The second-order valence-corrected chi connectivity index (χ2v) is 3.62. The first-order chi connectivity index (χ1) is 7.61. The number of hydrogen-bond acceptors (Lipinski definition) is 3. The van der Waals surface area contributed by atoms with Crippen LogP contribution in [0.4, 0.5) is 0 Å². The fourth-order valence-corrected chi connectivity index (χ4v) is 1.01. The average molecular weight is 221 g/mol. The fourth-order valence-electron chi connectivity index (χ4n) is 1.01. The number of carbonyl (C=O) groups is 2. The molecule has 0 radical (unpaired) electrons. The van der Waals surface area contributed by atoms with Crippen LogP contribution in [0, 0.1) is 5.92 Å². The molecule has 1 heterocycles. The standard InChI is InChI=1S/C11H15N3O2/c1-8(2)10(15)13-7-14-11(16)9-4-3-5-12-6-9/h3-6,8H,7H2,1-2H3,(H,13,15)(H,14,16). The molecule has 16 heavy (non-hydrogen) atoms. The van der Waals surface area contributed by atoms with Crippen molar-refractivity contribution < 1.29 is 9.59 Å². The van der Waals surface area contributed by atoms with E-state index in [1.165, 1.54) is 6.20 Å². The minimum atomic E-state index is -0.253. The second kappa shape index (κ2) is 5.85. The summed E-state index contributed by atoms with van der Waals surface area (Å²) in [5.74, 6) is -0.432. The van der Waals surface area contributed by atoms with E-state index >= 15 is 0 Å². The summed E-state index contributed by atoms with van der Waals surface area (Å²) in [5.41, 5.74) is 0.473. The number of nitrogens with zero attached hydrogens (tertiary/aromatic N) is 1. The summed E-state index contributed by atoms with van der Waals surface area (Å²) in [4.78, 5) is 26.5. The number of aromatic nitrogens is 1. The molecule has 1 aromatic heterocycles. The van der Waals surface area contributed by atoms with Crippen molar-refractivity contribution >= 4 is 11.8 Å². The van der Waals surface area contributed by atoms with Gasteiger partial charge in [-0.15, -0.1) is 0 Å². The van der Waals surface area contributed by atoms with Crippen molar-refractivity contribution in [3.63, 3.8) is 0 Å². The second-order valence-electron chi connectivity index (χ2n) is 3.62. The lowest BCUT2D eigenvalue weighted by molar-refractivity contribution is -0.124. The van der Waals surface area contributed by atoms with Crippen LogP contribution in [0.2, 0.25) is 0 Å². The van der Waals surface area contributed by atoms with E-state index in [0.717, 1.165) is 0 Å². The van der Waals surface area contributed by atoms with Crippen LogP contribution in [0.3, 0.4) is 0 Å². The topological polar surface area (TPSA) is 71.1 Å². The first-order valence-corrected chi connectivity index (χ1v) is 5.07. The van der Waals surface area contributed by atoms with Crippen molar-refractivity contribution in [3.05, 3.63) is 30.1 Å². The predicted octanol–water partition coefficient (Wildman–Crippen LogP) is 0.541. The Balaban J connectivity index is 2.34. The Hall–Kier alpha value is -1.91. The van der Waals surface area contributed by atoms with Crippen LogP contribution < -0.4 is 10.6 Å². The van der Waals surface area contributed by atoms with Gasteiger partial charge in [-0.1, -0.05) is 13.8 Å². The Bertz CT molecular complexity index is 363. The molecule has 0 atom stereocenters. The van der Waals surface area contributed by atoms with Crippen molar-refractivity contribution in [2.75, 3.05) is 6.67 Å². The lowest BCUT2D eigenvalue weighted by Crippen LogP contribution is -2.39. The minimum absolute atomic E-state index is 0.0877. The molecule has 0 aliphatic carbocycles. The molecule has 1 rings (SSSR count). The first kappa shape index (κ1) is 12.2. The highest BCUT2D eigenvalue weighted by molar-refractivity contribution is 5.93. The molecule has 0 unspecified atom stereocenters. The highest BCUT2D eigenvalue weighted by Gasteiger charge is 2.07. The maximum absolute atomic E-state index is 11.5. The van der Waals surface area contributed by atoms with Crippen LogP contribution in [-0.2, 0) is 4.79 Å². The van der Waals surface area contributed by atoms with Gasteiger partial charge < -0.3 is 10.6 Å². The van der Waals surface area contributed by atoms with E-state index in [1.54, 1.807) is 32.2 Å². The van der Waals surface area contributed by atoms with Gasteiger partial charge in [0.05, 0.1) is 12.2 Å². The number of rotatable bonds is 4. The number of nitrogens with one attached hydrogen (secondary N) is 2. The van der Waals surface area contributed by atoms with Gasteiger partial charge >= 0.3 is 0 Å². The highest BCUT2D eigenvalue weighted by atomic mass is 16.2. The molecule has 0 aliphatic rings. The van der Waals surface area contributed by atoms with Crippen LogP contribution in [-0.4, -0.2) is 23.5 Å². The number of carbonyl (C=O) groups excluding carboxylic acids is 2. The molecule has 5 nitrogen and oxygen atoms in total. The Kier molecular flexibility index (Phi) is 4.44. The lowest BCUT2D eigenvalue weighted by Gasteiger charge is -2.08. The normalized spacial score (nSPS) is 9.94. The van der Waals surface area contributed by atoms with Crippen LogP contribution in [0.15, 0.2) is 24.5 Å². The Morgan fingerprint density at radius 3 is 2.69 bits per heavy atom. The van der Waals surface area contributed by atoms with Gasteiger partial charge in [0.1, 0.15) is 0 Å². The van der Waals surface area contributed by atoms with Gasteiger partial charge in [0.2, 0.25) is 5.91 Å². The SMILES string of the molecule is CC(C)C(=O)NCNC(=O)c1cccnc1. The molecule has 0 saturated heterocycles. The molecule has 0 spiro atoms. The molecule has 2 amide bonds. The van der Waals surface area contributed by atoms with Crippen LogP contribution >= 0.6 is 0 Å². The lowest BCUT2D eigenvalue weighted by atomic mass is 10.2. The van der Waals surface area contributed by atoms with E-state index in [2.05, 4.69) is 15.6 Å². The summed E-state index contributed by atoms with van der Waals surface area (Å²) in [6.45, 7) is 3.71. The van der Waals surface area contributed by atoms with Gasteiger partial charge in [0.25, 0.3) is 5.91 Å². The van der Waals surface area contributed by atoms with Gasteiger partial charge in [-0.2, -0.15) is 0 Å². The summed E-state index contributed by atoms with van der Waals surface area (Å²) in [6.07, 6.45) is 3.07. The molecule has 5 heteroatoms. The molecule has 0 bridgehead atoms. The summed E-state index contributed by atoms with van der Waals surface area (Å²) >= 11 is 0. The smallest absolute Gasteiger partial charge is 0.254 e. The number of hydrogen-bond donors (Lipinski definition) is 2. The molecule has 0 aliphatic heterocycles. The van der Waals surface area contributed by atoms with Gasteiger partial charge in [-0.25, -0.2) is 0 Å². The van der Waals surface area contributed by atoms with E-state index < -0.39 is 0 Å². The number of amides is 2. The summed E-state index contributed by atoms with van der Waals surface area (Å²) in [6, 6.07) is 3.34. The summed E-state index contributed by atoms with van der Waals surface area (Å²) < 4.78 is 0. The van der Waals surface area contributed by atoms with Gasteiger partial charge in [0, 0.05) is 18.3 Å². The molecule has 0 aromatic carbocycles.